The molecule has 1 aromatic carbocycles. The van der Waals surface area contributed by atoms with Crippen molar-refractivity contribution in [3.63, 3.8) is 0 Å². The molecule has 19 heavy (non-hydrogen) atoms. The van der Waals surface area contributed by atoms with Crippen LogP contribution in [0.15, 0.2) is 18.2 Å². The van der Waals surface area contributed by atoms with Crippen molar-refractivity contribution in [3.8, 4) is 5.75 Å². The molecular weight excluding hydrogens is 276 g/mol. The van der Waals surface area contributed by atoms with Crippen LogP contribution in [0.25, 0.3) is 0 Å². The van der Waals surface area contributed by atoms with Gasteiger partial charge < -0.3 is 10.5 Å². The maximum absolute atomic E-state index is 12.5. The quantitative estimate of drug-likeness (QED) is 0.676. The topological polar surface area (TPSA) is 35.2 Å². The standard InChI is InChI=1S/C11H11F6NO/c1-2-19-8-5-6(3-4-7(8)18)9(10(12,13)14)11(15,16)17/h3-5,9H,2,18H2,1H3. The zero-order valence-corrected chi connectivity index (χ0v) is 9.77. The second kappa shape index (κ2) is 5.18. The molecule has 2 nitrogen and oxygen atoms in total. The minimum atomic E-state index is -5.43. The number of alkyl halides is 6. The van der Waals surface area contributed by atoms with Crippen molar-refractivity contribution in [2.75, 3.05) is 12.3 Å². The van der Waals surface area contributed by atoms with Crippen LogP contribution in [0.4, 0.5) is 32.0 Å². The second-order valence-corrected chi connectivity index (χ2v) is 3.75. The van der Waals surface area contributed by atoms with E-state index in [9.17, 15) is 26.3 Å². The lowest BCUT2D eigenvalue weighted by molar-refractivity contribution is -0.253. The molecule has 0 atom stereocenters. The SMILES string of the molecule is CCOc1cc(C(C(F)(F)F)C(F)(F)F)ccc1N. The average molecular weight is 287 g/mol. The first-order chi connectivity index (χ1) is 8.57. The van der Waals surface area contributed by atoms with Gasteiger partial charge >= 0.3 is 12.4 Å². The second-order valence-electron chi connectivity index (χ2n) is 3.75. The molecule has 0 saturated heterocycles. The van der Waals surface area contributed by atoms with E-state index >= 15 is 0 Å². The van der Waals surface area contributed by atoms with Crippen LogP contribution in [-0.2, 0) is 0 Å². The largest absolute Gasteiger partial charge is 0.492 e. The molecule has 8 heteroatoms. The van der Waals surface area contributed by atoms with E-state index < -0.39 is 23.8 Å². The summed E-state index contributed by atoms with van der Waals surface area (Å²) in [5.41, 5.74) is 4.44. The third-order valence-corrected chi connectivity index (χ3v) is 2.33. The van der Waals surface area contributed by atoms with Crippen LogP contribution in [0.3, 0.4) is 0 Å². The van der Waals surface area contributed by atoms with E-state index in [0.717, 1.165) is 6.07 Å². The number of ether oxygens (including phenoxy) is 1. The smallest absolute Gasteiger partial charge is 0.404 e. The fourth-order valence-electron chi connectivity index (χ4n) is 1.57. The Labute approximate surface area is 105 Å². The van der Waals surface area contributed by atoms with Gasteiger partial charge in [0.05, 0.1) is 12.3 Å². The van der Waals surface area contributed by atoms with Crippen molar-refractivity contribution >= 4 is 5.69 Å². The Morgan fingerprint density at radius 2 is 1.63 bits per heavy atom. The first-order valence-corrected chi connectivity index (χ1v) is 5.23. The van der Waals surface area contributed by atoms with Crippen molar-refractivity contribution in [1.29, 1.82) is 0 Å². The Balaban J connectivity index is 3.28. The summed E-state index contributed by atoms with van der Waals surface area (Å²) in [6.07, 6.45) is -10.9. The summed E-state index contributed by atoms with van der Waals surface area (Å²) in [4.78, 5) is 0. The van der Waals surface area contributed by atoms with Crippen LogP contribution in [0, 0.1) is 0 Å². The lowest BCUT2D eigenvalue weighted by atomic mass is 9.97. The molecule has 0 aliphatic heterocycles. The molecule has 0 heterocycles. The molecule has 0 aromatic heterocycles. The average Bonchev–Trinajstić information content (AvgIpc) is 2.19. The van der Waals surface area contributed by atoms with Gasteiger partial charge in [-0.15, -0.1) is 0 Å². The van der Waals surface area contributed by atoms with Crippen molar-refractivity contribution in [2.24, 2.45) is 0 Å². The molecule has 0 aliphatic rings. The van der Waals surface area contributed by atoms with Crippen LogP contribution in [0.1, 0.15) is 18.4 Å². The number of benzene rings is 1. The van der Waals surface area contributed by atoms with E-state index in [4.69, 9.17) is 10.5 Å². The Morgan fingerprint density at radius 3 is 2.05 bits per heavy atom. The number of halogens is 6. The van der Waals surface area contributed by atoms with E-state index in [2.05, 4.69) is 0 Å². The number of rotatable bonds is 3. The molecular formula is C11H11F6NO. The van der Waals surface area contributed by atoms with Gasteiger partial charge in [-0.05, 0) is 24.6 Å². The van der Waals surface area contributed by atoms with Gasteiger partial charge in [-0.3, -0.25) is 0 Å². The van der Waals surface area contributed by atoms with Crippen molar-refractivity contribution < 1.29 is 31.1 Å². The molecule has 0 radical (unpaired) electrons. The minimum absolute atomic E-state index is 0.0197. The van der Waals surface area contributed by atoms with E-state index in [0.29, 0.717) is 12.1 Å². The number of nitrogen functional groups attached to an aromatic ring is 1. The van der Waals surface area contributed by atoms with Crippen LogP contribution in [0.5, 0.6) is 5.75 Å². The Bertz CT molecular complexity index is 426. The number of hydrogen-bond donors (Lipinski definition) is 1. The minimum Gasteiger partial charge on any atom is -0.492 e. The highest BCUT2D eigenvalue weighted by molar-refractivity contribution is 5.54. The summed E-state index contributed by atoms with van der Waals surface area (Å²) in [6.45, 7) is 1.62. The Hall–Kier alpha value is -1.60. The summed E-state index contributed by atoms with van der Waals surface area (Å²) < 4.78 is 80.1. The van der Waals surface area contributed by atoms with Crippen LogP contribution in [0.2, 0.25) is 0 Å². The monoisotopic (exact) mass is 287 g/mol. The fourth-order valence-corrected chi connectivity index (χ4v) is 1.57. The molecule has 0 bridgehead atoms. The number of nitrogens with two attached hydrogens (primary N) is 1. The highest BCUT2D eigenvalue weighted by atomic mass is 19.4. The summed E-state index contributed by atoms with van der Waals surface area (Å²) in [7, 11) is 0. The zero-order chi connectivity index (χ0) is 14.8. The molecule has 2 N–H and O–H groups in total. The number of anilines is 1. The molecule has 0 aliphatic carbocycles. The van der Waals surface area contributed by atoms with Crippen LogP contribution < -0.4 is 10.5 Å². The predicted molar refractivity (Wildman–Crippen MR) is 56.9 cm³/mol. The lowest BCUT2D eigenvalue weighted by Crippen LogP contribution is -2.34. The summed E-state index contributed by atoms with van der Waals surface area (Å²) in [5, 5.41) is 0. The zero-order valence-electron chi connectivity index (χ0n) is 9.77. The molecule has 1 rings (SSSR count). The summed E-state index contributed by atoms with van der Waals surface area (Å²) in [6, 6.07) is 2.33. The lowest BCUT2D eigenvalue weighted by Gasteiger charge is -2.24. The van der Waals surface area contributed by atoms with Gasteiger partial charge in [0.25, 0.3) is 0 Å². The van der Waals surface area contributed by atoms with Gasteiger partial charge in [0.1, 0.15) is 5.75 Å². The van der Waals surface area contributed by atoms with Gasteiger partial charge in [0.15, 0.2) is 5.92 Å². The molecule has 0 spiro atoms. The van der Waals surface area contributed by atoms with Crippen molar-refractivity contribution in [1.82, 2.24) is 0 Å². The number of hydrogen-bond acceptors (Lipinski definition) is 2. The predicted octanol–water partition coefficient (Wildman–Crippen LogP) is 3.88. The van der Waals surface area contributed by atoms with Gasteiger partial charge in [0.2, 0.25) is 0 Å². The summed E-state index contributed by atoms with van der Waals surface area (Å²) >= 11 is 0. The molecule has 0 amide bonds. The Morgan fingerprint density at radius 1 is 1.11 bits per heavy atom. The van der Waals surface area contributed by atoms with E-state index in [1.165, 1.54) is 6.92 Å². The molecule has 0 fully saturated rings. The van der Waals surface area contributed by atoms with Crippen molar-refractivity contribution in [3.05, 3.63) is 23.8 Å². The third-order valence-electron chi connectivity index (χ3n) is 2.33. The van der Waals surface area contributed by atoms with E-state index in [1.54, 1.807) is 0 Å². The highest BCUT2D eigenvalue weighted by Crippen LogP contribution is 2.47. The van der Waals surface area contributed by atoms with E-state index in [-0.39, 0.29) is 18.0 Å². The maximum Gasteiger partial charge on any atom is 0.404 e. The van der Waals surface area contributed by atoms with Gasteiger partial charge in [-0.1, -0.05) is 6.07 Å². The molecule has 0 unspecified atom stereocenters. The molecule has 1 aromatic rings. The van der Waals surface area contributed by atoms with Gasteiger partial charge in [-0.2, -0.15) is 26.3 Å². The van der Waals surface area contributed by atoms with Gasteiger partial charge in [0, 0.05) is 0 Å². The fraction of sp³-hybridized carbons (Fsp3) is 0.455. The van der Waals surface area contributed by atoms with Crippen molar-refractivity contribution in [2.45, 2.75) is 25.2 Å². The maximum atomic E-state index is 12.5. The molecule has 0 saturated carbocycles. The van der Waals surface area contributed by atoms with Gasteiger partial charge in [-0.25, -0.2) is 0 Å². The van der Waals surface area contributed by atoms with E-state index in [1.807, 2.05) is 0 Å². The highest BCUT2D eigenvalue weighted by Gasteiger charge is 2.57. The third kappa shape index (κ3) is 3.68. The first kappa shape index (κ1) is 15.5. The normalized spacial score (nSPS) is 12.8. The molecule has 108 valence electrons. The summed E-state index contributed by atoms with van der Waals surface area (Å²) in [5.74, 6) is -3.75. The Kier molecular flexibility index (Phi) is 4.21. The van der Waals surface area contributed by atoms with Crippen LogP contribution in [-0.4, -0.2) is 19.0 Å². The van der Waals surface area contributed by atoms with Crippen LogP contribution >= 0.6 is 0 Å². The first-order valence-electron chi connectivity index (χ1n) is 5.23.